The topological polar surface area (TPSA) is 9.72 Å². The summed E-state index contributed by atoms with van der Waals surface area (Å²) in [5.41, 5.74) is 18.0. The second kappa shape index (κ2) is 15.9. The van der Waals surface area contributed by atoms with Crippen molar-refractivity contribution in [3.05, 3.63) is 236 Å². The molecule has 3 nitrogen and oxygen atoms in total. The molecule has 0 saturated carbocycles. The number of nitrogens with zero attached hydrogens (tertiary/aromatic N) is 3. The molecule has 8 aromatic carbocycles. The molecule has 4 heteroatoms. The third-order valence-corrected chi connectivity index (χ3v) is 11.6. The highest BCUT2D eigenvalue weighted by Gasteiger charge is 2.43. The average Bonchev–Trinajstić information content (AvgIpc) is 3.31. The van der Waals surface area contributed by atoms with Crippen molar-refractivity contribution in [2.24, 2.45) is 0 Å². The number of rotatable bonds is 10. The first kappa shape index (κ1) is 36.1. The number of allylic oxidation sites excluding steroid dienone is 3. The average molecular weight is 758 g/mol. The minimum Gasteiger partial charge on any atom is -0.312 e. The second-order valence-electron chi connectivity index (χ2n) is 15.2. The molecule has 2 aliphatic rings. The van der Waals surface area contributed by atoms with Crippen molar-refractivity contribution in [2.45, 2.75) is 19.8 Å². The SMILES string of the molecule is CC/C=C\C(=C/Cc1ccccc1)N1c2cc(-c3ccccc3)ccc2B2c3ccc(N(c4ccccc4)c4ccccc4)cc3N(c3ccccc3)c3cccc1c32. The summed E-state index contributed by atoms with van der Waals surface area (Å²) in [6.07, 6.45) is 8.79. The van der Waals surface area contributed by atoms with E-state index >= 15 is 0 Å². The molecule has 0 saturated heterocycles. The Balaban J connectivity index is 1.23. The molecular weight excluding hydrogens is 713 g/mol. The van der Waals surface area contributed by atoms with Crippen LogP contribution in [0.3, 0.4) is 0 Å². The third-order valence-electron chi connectivity index (χ3n) is 11.6. The second-order valence-corrected chi connectivity index (χ2v) is 15.2. The number of para-hydroxylation sites is 3. The molecule has 2 aliphatic heterocycles. The molecule has 59 heavy (non-hydrogen) atoms. The molecule has 0 bridgehead atoms. The number of benzene rings is 8. The zero-order valence-electron chi connectivity index (χ0n) is 33.2. The highest BCUT2D eigenvalue weighted by molar-refractivity contribution is 7.00. The van der Waals surface area contributed by atoms with Gasteiger partial charge in [0.2, 0.25) is 0 Å². The van der Waals surface area contributed by atoms with Crippen LogP contribution in [-0.4, -0.2) is 6.71 Å². The largest absolute Gasteiger partial charge is 0.312 e. The van der Waals surface area contributed by atoms with Gasteiger partial charge in [-0.05, 0) is 119 Å². The first-order valence-electron chi connectivity index (χ1n) is 20.7. The van der Waals surface area contributed by atoms with Gasteiger partial charge in [0.1, 0.15) is 0 Å². The van der Waals surface area contributed by atoms with E-state index in [0.717, 1.165) is 35.6 Å². The molecule has 0 unspecified atom stereocenters. The Morgan fingerprint density at radius 1 is 0.508 bits per heavy atom. The van der Waals surface area contributed by atoms with Crippen LogP contribution in [0.4, 0.5) is 45.5 Å². The van der Waals surface area contributed by atoms with E-state index in [1.54, 1.807) is 0 Å². The van der Waals surface area contributed by atoms with E-state index in [0.29, 0.717) is 0 Å². The molecule has 0 spiro atoms. The van der Waals surface area contributed by atoms with Gasteiger partial charge >= 0.3 is 0 Å². The van der Waals surface area contributed by atoms with Crippen molar-refractivity contribution in [3.63, 3.8) is 0 Å². The lowest BCUT2D eigenvalue weighted by Crippen LogP contribution is -2.61. The Morgan fingerprint density at radius 2 is 1.10 bits per heavy atom. The maximum absolute atomic E-state index is 2.53. The van der Waals surface area contributed by atoms with Crippen LogP contribution in [0.5, 0.6) is 0 Å². The summed E-state index contributed by atoms with van der Waals surface area (Å²) in [6, 6.07) is 74.9. The Morgan fingerprint density at radius 3 is 1.78 bits per heavy atom. The van der Waals surface area contributed by atoms with Crippen molar-refractivity contribution in [2.75, 3.05) is 14.7 Å². The van der Waals surface area contributed by atoms with Crippen LogP contribution < -0.4 is 31.1 Å². The summed E-state index contributed by atoms with van der Waals surface area (Å²) in [7, 11) is 0. The molecule has 0 fully saturated rings. The molecule has 0 aliphatic carbocycles. The summed E-state index contributed by atoms with van der Waals surface area (Å²) < 4.78 is 0. The van der Waals surface area contributed by atoms with E-state index in [1.165, 1.54) is 61.5 Å². The lowest BCUT2D eigenvalue weighted by molar-refractivity contribution is 1.14. The monoisotopic (exact) mass is 757 g/mol. The van der Waals surface area contributed by atoms with Crippen LogP contribution in [-0.2, 0) is 6.42 Å². The molecule has 282 valence electrons. The predicted octanol–water partition coefficient (Wildman–Crippen LogP) is 12.7. The van der Waals surface area contributed by atoms with E-state index in [1.807, 2.05) is 0 Å². The Labute approximate surface area is 348 Å². The van der Waals surface area contributed by atoms with Gasteiger partial charge in [-0.3, -0.25) is 0 Å². The predicted molar refractivity (Wildman–Crippen MR) is 252 cm³/mol. The van der Waals surface area contributed by atoms with Crippen LogP contribution in [0.1, 0.15) is 18.9 Å². The molecule has 2 heterocycles. The fourth-order valence-corrected chi connectivity index (χ4v) is 8.91. The zero-order valence-corrected chi connectivity index (χ0v) is 33.2. The first-order chi connectivity index (χ1) is 29.3. The summed E-state index contributed by atoms with van der Waals surface area (Å²) in [6.45, 7) is 2.22. The maximum Gasteiger partial charge on any atom is 0.252 e. The molecule has 0 N–H and O–H groups in total. The van der Waals surface area contributed by atoms with Gasteiger partial charge in [-0.15, -0.1) is 0 Å². The van der Waals surface area contributed by atoms with Gasteiger partial charge in [-0.2, -0.15) is 0 Å². The first-order valence-corrected chi connectivity index (χ1v) is 20.7. The minimum atomic E-state index is 0.00807. The Bertz CT molecular complexity index is 2750. The van der Waals surface area contributed by atoms with Crippen LogP contribution in [0, 0.1) is 0 Å². The maximum atomic E-state index is 2.53. The third kappa shape index (κ3) is 6.73. The van der Waals surface area contributed by atoms with Gasteiger partial charge in [0.25, 0.3) is 6.71 Å². The van der Waals surface area contributed by atoms with Crippen molar-refractivity contribution in [3.8, 4) is 11.1 Å². The Kier molecular flexibility index (Phi) is 9.73. The molecule has 0 aromatic heterocycles. The zero-order chi connectivity index (χ0) is 39.5. The fraction of sp³-hybridized carbons (Fsp3) is 0.0545. The van der Waals surface area contributed by atoms with Crippen molar-refractivity contribution in [1.29, 1.82) is 0 Å². The van der Waals surface area contributed by atoms with Crippen molar-refractivity contribution < 1.29 is 0 Å². The Hall–Kier alpha value is -7.30. The molecule has 0 amide bonds. The smallest absolute Gasteiger partial charge is 0.252 e. The summed E-state index contributed by atoms with van der Waals surface area (Å²) in [5.74, 6) is 0. The van der Waals surface area contributed by atoms with Crippen molar-refractivity contribution in [1.82, 2.24) is 0 Å². The van der Waals surface area contributed by atoms with E-state index < -0.39 is 0 Å². The highest BCUT2D eigenvalue weighted by Crippen LogP contribution is 2.45. The molecule has 0 radical (unpaired) electrons. The molecule has 8 aromatic rings. The van der Waals surface area contributed by atoms with Crippen LogP contribution in [0.15, 0.2) is 230 Å². The highest BCUT2D eigenvalue weighted by atomic mass is 15.2. The van der Waals surface area contributed by atoms with E-state index in [4.69, 9.17) is 0 Å². The van der Waals surface area contributed by atoms with Crippen LogP contribution >= 0.6 is 0 Å². The lowest BCUT2D eigenvalue weighted by atomic mass is 9.33. The number of fused-ring (bicyclic) bond motifs is 4. The van der Waals surface area contributed by atoms with Gasteiger partial charge in [0.15, 0.2) is 0 Å². The van der Waals surface area contributed by atoms with E-state index in [9.17, 15) is 0 Å². The minimum absolute atomic E-state index is 0.00807. The van der Waals surface area contributed by atoms with Crippen LogP contribution in [0.2, 0.25) is 0 Å². The van der Waals surface area contributed by atoms with Gasteiger partial charge in [-0.1, -0.05) is 159 Å². The molecule has 10 rings (SSSR count). The van der Waals surface area contributed by atoms with E-state index in [2.05, 4.69) is 246 Å². The molecular formula is C55H44BN3. The summed E-state index contributed by atoms with van der Waals surface area (Å²) in [5, 5.41) is 0. The normalized spacial score (nSPS) is 12.9. The number of anilines is 8. The number of hydrogen-bond acceptors (Lipinski definition) is 3. The summed E-state index contributed by atoms with van der Waals surface area (Å²) >= 11 is 0. The standard InChI is InChI=1S/C55H44BN3/c1-2-3-24-47(35-33-41-20-9-4-10-21-41)59-52-32-19-31-51-55(52)56(49-37-34-43(39-53(49)59)42-22-11-5-12-23-42)50-38-36-48(40-54(50)58(51)46-29-17-8-18-30-46)57(44-25-13-6-14-26-44)45-27-15-7-16-28-45/h3-32,34-40H,2,33H2,1H3/b24-3-,47-35+. The van der Waals surface area contributed by atoms with Crippen LogP contribution in [0.25, 0.3) is 11.1 Å². The molecule has 0 atom stereocenters. The van der Waals surface area contributed by atoms with E-state index in [-0.39, 0.29) is 6.71 Å². The van der Waals surface area contributed by atoms with Gasteiger partial charge in [-0.25, -0.2) is 0 Å². The fourth-order valence-electron chi connectivity index (χ4n) is 8.91. The summed E-state index contributed by atoms with van der Waals surface area (Å²) in [4.78, 5) is 7.38. The lowest BCUT2D eigenvalue weighted by Gasteiger charge is -2.44. The quantitative estimate of drug-likeness (QED) is 0.102. The van der Waals surface area contributed by atoms with Crippen molar-refractivity contribution >= 4 is 68.6 Å². The van der Waals surface area contributed by atoms with Gasteiger partial charge in [0, 0.05) is 51.2 Å². The van der Waals surface area contributed by atoms with Gasteiger partial charge < -0.3 is 14.7 Å². The number of hydrogen-bond donors (Lipinski definition) is 0. The van der Waals surface area contributed by atoms with Gasteiger partial charge in [0.05, 0.1) is 0 Å².